The standard InChI is InChI=1S/C12H10BrN3S/c1-2-9-3-4-11(17-9)10-7-16-6-8(13)5-14-12(16)15-10/h3-7H,2H2,1H3. The number of hydrogen-bond acceptors (Lipinski definition) is 3. The molecule has 0 saturated carbocycles. The van der Waals surface area contributed by atoms with Gasteiger partial charge in [-0.1, -0.05) is 6.92 Å². The third kappa shape index (κ3) is 2.00. The normalized spacial score (nSPS) is 11.2. The molecule has 0 aliphatic carbocycles. The zero-order valence-corrected chi connectivity index (χ0v) is 11.6. The maximum Gasteiger partial charge on any atom is 0.234 e. The van der Waals surface area contributed by atoms with E-state index in [4.69, 9.17) is 0 Å². The van der Waals surface area contributed by atoms with Crippen molar-refractivity contribution in [2.24, 2.45) is 0 Å². The molecule has 0 N–H and O–H groups in total. The van der Waals surface area contributed by atoms with Gasteiger partial charge in [0, 0.05) is 23.5 Å². The van der Waals surface area contributed by atoms with Gasteiger partial charge in [-0.05, 0) is 34.5 Å². The Kier molecular flexibility index (Phi) is 2.72. The van der Waals surface area contributed by atoms with Crippen molar-refractivity contribution in [1.29, 1.82) is 0 Å². The molecule has 0 aromatic carbocycles. The lowest BCUT2D eigenvalue weighted by Gasteiger charge is -1.90. The number of rotatable bonds is 2. The van der Waals surface area contributed by atoms with E-state index in [-0.39, 0.29) is 0 Å². The number of thiophene rings is 1. The zero-order chi connectivity index (χ0) is 11.8. The number of nitrogens with zero attached hydrogens (tertiary/aromatic N) is 3. The Morgan fingerprint density at radius 3 is 3.00 bits per heavy atom. The van der Waals surface area contributed by atoms with Crippen molar-refractivity contribution >= 4 is 33.0 Å². The van der Waals surface area contributed by atoms with Gasteiger partial charge in [0.15, 0.2) is 0 Å². The van der Waals surface area contributed by atoms with Crippen LogP contribution in [0.2, 0.25) is 0 Å². The van der Waals surface area contributed by atoms with Gasteiger partial charge in [0.2, 0.25) is 5.78 Å². The van der Waals surface area contributed by atoms with Gasteiger partial charge < -0.3 is 0 Å². The molecule has 0 fully saturated rings. The number of aromatic nitrogens is 3. The molecule has 0 spiro atoms. The van der Waals surface area contributed by atoms with Crippen molar-refractivity contribution in [3.05, 3.63) is 40.1 Å². The quantitative estimate of drug-likeness (QED) is 0.721. The van der Waals surface area contributed by atoms with E-state index in [2.05, 4.69) is 45.0 Å². The van der Waals surface area contributed by atoms with E-state index in [0.29, 0.717) is 0 Å². The first-order valence-corrected chi connectivity index (χ1v) is 6.96. The van der Waals surface area contributed by atoms with Gasteiger partial charge in [0.05, 0.1) is 9.35 Å². The van der Waals surface area contributed by atoms with Gasteiger partial charge in [-0.15, -0.1) is 11.3 Å². The van der Waals surface area contributed by atoms with Crippen LogP contribution >= 0.6 is 27.3 Å². The fraction of sp³-hybridized carbons (Fsp3) is 0.167. The van der Waals surface area contributed by atoms with Crippen LogP contribution in [-0.4, -0.2) is 14.4 Å². The van der Waals surface area contributed by atoms with E-state index in [1.807, 2.05) is 16.8 Å². The second kappa shape index (κ2) is 4.23. The van der Waals surface area contributed by atoms with Crippen LogP contribution in [0.1, 0.15) is 11.8 Å². The predicted octanol–water partition coefficient (Wildman–Crippen LogP) is 3.78. The molecular weight excluding hydrogens is 298 g/mol. The maximum atomic E-state index is 4.51. The molecule has 0 atom stereocenters. The third-order valence-electron chi connectivity index (χ3n) is 2.54. The molecule has 0 bridgehead atoms. The van der Waals surface area contributed by atoms with Crippen LogP contribution in [0.5, 0.6) is 0 Å². The predicted molar refractivity (Wildman–Crippen MR) is 73.4 cm³/mol. The van der Waals surface area contributed by atoms with Crippen LogP contribution in [0.25, 0.3) is 16.3 Å². The van der Waals surface area contributed by atoms with E-state index >= 15 is 0 Å². The van der Waals surface area contributed by atoms with Gasteiger partial charge in [-0.2, -0.15) is 0 Å². The van der Waals surface area contributed by atoms with Crippen molar-refractivity contribution in [3.63, 3.8) is 0 Å². The Bertz CT molecular complexity index is 671. The topological polar surface area (TPSA) is 30.2 Å². The Morgan fingerprint density at radius 2 is 2.24 bits per heavy atom. The average molecular weight is 308 g/mol. The van der Waals surface area contributed by atoms with Crippen LogP contribution in [0.3, 0.4) is 0 Å². The summed E-state index contributed by atoms with van der Waals surface area (Å²) in [4.78, 5) is 11.4. The molecule has 3 nitrogen and oxygen atoms in total. The smallest absolute Gasteiger partial charge is 0.234 e. The third-order valence-corrected chi connectivity index (χ3v) is 4.20. The summed E-state index contributed by atoms with van der Waals surface area (Å²) in [5.74, 6) is 0.731. The summed E-state index contributed by atoms with van der Waals surface area (Å²) in [5.41, 5.74) is 0.986. The fourth-order valence-electron chi connectivity index (χ4n) is 1.68. The van der Waals surface area contributed by atoms with Crippen LogP contribution in [-0.2, 0) is 6.42 Å². The molecule has 3 heterocycles. The summed E-state index contributed by atoms with van der Waals surface area (Å²) in [5, 5.41) is 0. The molecular formula is C12H10BrN3S. The van der Waals surface area contributed by atoms with Crippen LogP contribution < -0.4 is 0 Å². The zero-order valence-electron chi connectivity index (χ0n) is 9.22. The first-order valence-electron chi connectivity index (χ1n) is 5.35. The van der Waals surface area contributed by atoms with Crippen molar-refractivity contribution in [1.82, 2.24) is 14.4 Å². The monoisotopic (exact) mass is 307 g/mol. The average Bonchev–Trinajstić information content (AvgIpc) is 2.93. The summed E-state index contributed by atoms with van der Waals surface area (Å²) in [6.07, 6.45) is 6.81. The highest BCUT2D eigenvalue weighted by atomic mass is 79.9. The molecule has 0 radical (unpaired) electrons. The molecule has 3 aromatic heterocycles. The van der Waals surface area contributed by atoms with Gasteiger partial charge in [0.1, 0.15) is 5.69 Å². The summed E-state index contributed by atoms with van der Waals surface area (Å²) in [7, 11) is 0. The lowest BCUT2D eigenvalue weighted by atomic mass is 10.3. The molecule has 0 saturated heterocycles. The van der Waals surface area contributed by atoms with E-state index in [0.717, 1.165) is 22.4 Å². The Morgan fingerprint density at radius 1 is 1.35 bits per heavy atom. The van der Waals surface area contributed by atoms with Gasteiger partial charge in [0.25, 0.3) is 0 Å². The Labute approximate surface area is 111 Å². The minimum absolute atomic E-state index is 0.731. The van der Waals surface area contributed by atoms with Crippen molar-refractivity contribution in [2.75, 3.05) is 0 Å². The SMILES string of the molecule is CCc1ccc(-c2cn3cc(Br)cnc3n2)s1. The Balaban J connectivity index is 2.11. The van der Waals surface area contributed by atoms with Gasteiger partial charge in [-0.3, -0.25) is 4.40 Å². The minimum atomic E-state index is 0.731. The van der Waals surface area contributed by atoms with Crippen LogP contribution in [0.4, 0.5) is 0 Å². The summed E-state index contributed by atoms with van der Waals surface area (Å²) in [6, 6.07) is 4.29. The molecule has 0 aliphatic rings. The van der Waals surface area contributed by atoms with Crippen molar-refractivity contribution < 1.29 is 0 Å². The molecule has 3 rings (SSSR count). The van der Waals surface area contributed by atoms with Gasteiger partial charge in [-0.25, -0.2) is 9.97 Å². The van der Waals surface area contributed by atoms with E-state index in [1.54, 1.807) is 17.5 Å². The number of imidazole rings is 1. The molecule has 5 heteroatoms. The lowest BCUT2D eigenvalue weighted by molar-refractivity contribution is 1.10. The van der Waals surface area contributed by atoms with E-state index in [9.17, 15) is 0 Å². The number of aryl methyl sites for hydroxylation is 1. The molecule has 0 aliphatic heterocycles. The second-order valence-corrected chi connectivity index (χ2v) is 5.81. The molecule has 17 heavy (non-hydrogen) atoms. The van der Waals surface area contributed by atoms with E-state index < -0.39 is 0 Å². The molecule has 86 valence electrons. The fourth-order valence-corrected chi connectivity index (χ4v) is 2.91. The number of hydrogen-bond donors (Lipinski definition) is 0. The first kappa shape index (κ1) is 10.9. The first-order chi connectivity index (χ1) is 8.26. The summed E-state index contributed by atoms with van der Waals surface area (Å²) < 4.78 is 2.89. The van der Waals surface area contributed by atoms with Crippen molar-refractivity contribution in [3.8, 4) is 10.6 Å². The van der Waals surface area contributed by atoms with Crippen molar-refractivity contribution in [2.45, 2.75) is 13.3 Å². The van der Waals surface area contributed by atoms with Gasteiger partial charge >= 0.3 is 0 Å². The highest BCUT2D eigenvalue weighted by molar-refractivity contribution is 9.10. The van der Waals surface area contributed by atoms with Crippen LogP contribution in [0, 0.1) is 0 Å². The maximum absolute atomic E-state index is 4.51. The van der Waals surface area contributed by atoms with E-state index in [1.165, 1.54) is 9.75 Å². The highest BCUT2D eigenvalue weighted by Gasteiger charge is 2.07. The number of halogens is 1. The minimum Gasteiger partial charge on any atom is -0.289 e. The summed E-state index contributed by atoms with van der Waals surface area (Å²) >= 11 is 5.19. The summed E-state index contributed by atoms with van der Waals surface area (Å²) in [6.45, 7) is 2.16. The highest BCUT2D eigenvalue weighted by Crippen LogP contribution is 2.27. The van der Waals surface area contributed by atoms with Crippen LogP contribution in [0.15, 0.2) is 35.2 Å². The molecule has 0 amide bonds. The lowest BCUT2D eigenvalue weighted by Crippen LogP contribution is -1.85. The number of fused-ring (bicyclic) bond motifs is 1. The molecule has 3 aromatic rings. The Hall–Kier alpha value is -1.20. The molecule has 0 unspecified atom stereocenters. The second-order valence-electron chi connectivity index (χ2n) is 3.73. The largest absolute Gasteiger partial charge is 0.289 e.